The van der Waals surface area contributed by atoms with Crippen molar-refractivity contribution in [3.8, 4) is 0 Å². The van der Waals surface area contributed by atoms with E-state index >= 15 is 0 Å². The van der Waals surface area contributed by atoms with E-state index in [1.807, 2.05) is 17.0 Å². The minimum Gasteiger partial charge on any atom is -0.369 e. The summed E-state index contributed by atoms with van der Waals surface area (Å²) in [6, 6.07) is 8.29. The molecule has 0 unspecified atom stereocenters. The number of hydrogen-bond donors (Lipinski definition) is 1. The number of rotatable bonds is 4. The summed E-state index contributed by atoms with van der Waals surface area (Å²) in [7, 11) is 1.70. The van der Waals surface area contributed by atoms with E-state index in [9.17, 15) is 9.18 Å². The van der Waals surface area contributed by atoms with Crippen molar-refractivity contribution >= 4 is 17.4 Å². The fraction of sp³-hybridized carbons (Fsp3) is 0.333. The third-order valence-electron chi connectivity index (χ3n) is 4.16. The highest BCUT2D eigenvalue weighted by molar-refractivity contribution is 5.89. The maximum absolute atomic E-state index is 14.3. The first-order valence-electron chi connectivity index (χ1n) is 8.09. The van der Waals surface area contributed by atoms with Crippen LogP contribution in [-0.2, 0) is 6.54 Å². The first kappa shape index (κ1) is 16.2. The van der Waals surface area contributed by atoms with Gasteiger partial charge in [-0.05, 0) is 48.7 Å². The monoisotopic (exact) mass is 328 g/mol. The Morgan fingerprint density at radius 1 is 1.25 bits per heavy atom. The molecule has 2 amide bonds. The van der Waals surface area contributed by atoms with Gasteiger partial charge in [-0.15, -0.1) is 0 Å². The third-order valence-corrected chi connectivity index (χ3v) is 4.16. The van der Waals surface area contributed by atoms with Gasteiger partial charge in [-0.3, -0.25) is 4.98 Å². The number of carbonyl (C=O) groups excluding carboxylic acids is 1. The molecule has 1 aromatic carbocycles. The summed E-state index contributed by atoms with van der Waals surface area (Å²) in [5.41, 5.74) is 2.05. The molecular formula is C18H21FN4O. The van der Waals surface area contributed by atoms with Crippen molar-refractivity contribution in [1.29, 1.82) is 0 Å². The Hall–Kier alpha value is -2.63. The van der Waals surface area contributed by atoms with Gasteiger partial charge in [0.05, 0.1) is 5.69 Å². The standard InChI is InChI=1S/C18H21FN4O/c1-22(13-14-6-8-20-9-7-14)18(24)21-15-4-5-17(16(19)12-15)23-10-2-3-11-23/h4-9,12H,2-3,10-11,13H2,1H3,(H,21,24). The average Bonchev–Trinajstić information content (AvgIpc) is 3.10. The highest BCUT2D eigenvalue weighted by Crippen LogP contribution is 2.26. The molecule has 126 valence electrons. The van der Waals surface area contributed by atoms with Crippen LogP contribution in [0.2, 0.25) is 0 Å². The van der Waals surface area contributed by atoms with Crippen molar-refractivity contribution in [2.24, 2.45) is 0 Å². The van der Waals surface area contributed by atoms with Crippen LogP contribution in [0.1, 0.15) is 18.4 Å². The predicted octanol–water partition coefficient (Wildman–Crippen LogP) is 3.48. The van der Waals surface area contributed by atoms with Crippen LogP contribution in [0.25, 0.3) is 0 Å². The Morgan fingerprint density at radius 2 is 1.96 bits per heavy atom. The van der Waals surface area contributed by atoms with Crippen molar-refractivity contribution in [2.75, 3.05) is 30.4 Å². The van der Waals surface area contributed by atoms with Gasteiger partial charge in [-0.25, -0.2) is 9.18 Å². The summed E-state index contributed by atoms with van der Waals surface area (Å²) in [6.07, 6.45) is 5.57. The summed E-state index contributed by atoms with van der Waals surface area (Å²) in [5, 5.41) is 2.73. The van der Waals surface area contributed by atoms with E-state index in [-0.39, 0.29) is 11.8 Å². The molecule has 0 bridgehead atoms. The molecule has 24 heavy (non-hydrogen) atoms. The van der Waals surface area contributed by atoms with E-state index in [0.717, 1.165) is 31.5 Å². The highest BCUT2D eigenvalue weighted by atomic mass is 19.1. The molecule has 1 aliphatic heterocycles. The molecular weight excluding hydrogens is 307 g/mol. The molecule has 5 nitrogen and oxygen atoms in total. The van der Waals surface area contributed by atoms with Gasteiger partial charge < -0.3 is 15.1 Å². The van der Waals surface area contributed by atoms with E-state index < -0.39 is 0 Å². The fourth-order valence-corrected chi connectivity index (χ4v) is 2.85. The largest absolute Gasteiger partial charge is 0.369 e. The lowest BCUT2D eigenvalue weighted by molar-refractivity contribution is 0.220. The molecule has 2 heterocycles. The molecule has 2 aromatic rings. The normalized spacial score (nSPS) is 13.8. The molecule has 0 spiro atoms. The van der Waals surface area contributed by atoms with Gasteiger partial charge in [0.2, 0.25) is 0 Å². The van der Waals surface area contributed by atoms with Crippen molar-refractivity contribution in [3.05, 3.63) is 54.1 Å². The van der Waals surface area contributed by atoms with Crippen molar-refractivity contribution in [3.63, 3.8) is 0 Å². The zero-order chi connectivity index (χ0) is 16.9. The molecule has 0 saturated carbocycles. The number of benzene rings is 1. The smallest absolute Gasteiger partial charge is 0.321 e. The topological polar surface area (TPSA) is 48.5 Å². The van der Waals surface area contributed by atoms with E-state index in [4.69, 9.17) is 0 Å². The van der Waals surface area contributed by atoms with Crippen molar-refractivity contribution in [1.82, 2.24) is 9.88 Å². The molecule has 1 aromatic heterocycles. The minimum absolute atomic E-state index is 0.278. The summed E-state index contributed by atoms with van der Waals surface area (Å²) in [4.78, 5) is 19.8. The molecule has 0 radical (unpaired) electrons. The van der Waals surface area contributed by atoms with Gasteiger partial charge in [0, 0.05) is 44.8 Å². The SMILES string of the molecule is CN(Cc1ccncc1)C(=O)Nc1ccc(N2CCCC2)c(F)c1. The Kier molecular flexibility index (Phi) is 4.93. The molecule has 1 fully saturated rings. The highest BCUT2D eigenvalue weighted by Gasteiger charge is 2.17. The van der Waals surface area contributed by atoms with Crippen LogP contribution < -0.4 is 10.2 Å². The zero-order valence-corrected chi connectivity index (χ0v) is 13.7. The van der Waals surface area contributed by atoms with Crippen LogP contribution >= 0.6 is 0 Å². The van der Waals surface area contributed by atoms with Crippen LogP contribution in [0, 0.1) is 5.82 Å². The lowest BCUT2D eigenvalue weighted by Gasteiger charge is -2.20. The predicted molar refractivity (Wildman–Crippen MR) is 92.6 cm³/mol. The number of pyridine rings is 1. The van der Waals surface area contributed by atoms with Gasteiger partial charge in [-0.2, -0.15) is 0 Å². The Morgan fingerprint density at radius 3 is 2.62 bits per heavy atom. The maximum Gasteiger partial charge on any atom is 0.321 e. The molecule has 1 saturated heterocycles. The van der Waals surface area contributed by atoms with E-state index in [1.165, 1.54) is 6.07 Å². The van der Waals surface area contributed by atoms with E-state index in [1.54, 1.807) is 36.5 Å². The second-order valence-corrected chi connectivity index (χ2v) is 6.00. The number of urea groups is 1. The molecule has 6 heteroatoms. The molecule has 0 atom stereocenters. The van der Waals surface area contributed by atoms with Gasteiger partial charge in [-0.1, -0.05) is 0 Å². The van der Waals surface area contributed by atoms with Gasteiger partial charge in [0.25, 0.3) is 0 Å². The Labute approximate surface area is 141 Å². The van der Waals surface area contributed by atoms with Crippen LogP contribution in [0.5, 0.6) is 0 Å². The Balaban J connectivity index is 1.62. The second-order valence-electron chi connectivity index (χ2n) is 6.00. The van der Waals surface area contributed by atoms with Crippen LogP contribution in [-0.4, -0.2) is 36.1 Å². The molecule has 1 aliphatic rings. The number of aromatic nitrogens is 1. The lowest BCUT2D eigenvalue weighted by Crippen LogP contribution is -2.30. The fourth-order valence-electron chi connectivity index (χ4n) is 2.85. The number of amides is 2. The van der Waals surface area contributed by atoms with Crippen LogP contribution in [0.4, 0.5) is 20.6 Å². The van der Waals surface area contributed by atoms with Crippen LogP contribution in [0.15, 0.2) is 42.7 Å². The summed E-state index contributed by atoms with van der Waals surface area (Å²) >= 11 is 0. The average molecular weight is 328 g/mol. The summed E-state index contributed by atoms with van der Waals surface area (Å²) in [6.45, 7) is 2.23. The summed E-state index contributed by atoms with van der Waals surface area (Å²) in [5.74, 6) is -0.300. The first-order chi connectivity index (χ1) is 11.6. The van der Waals surface area contributed by atoms with E-state index in [2.05, 4.69) is 10.3 Å². The van der Waals surface area contributed by atoms with E-state index in [0.29, 0.717) is 17.9 Å². The zero-order valence-electron chi connectivity index (χ0n) is 13.7. The number of anilines is 2. The molecule has 3 rings (SSSR count). The number of carbonyl (C=O) groups is 1. The third kappa shape index (κ3) is 3.82. The lowest BCUT2D eigenvalue weighted by atomic mass is 10.2. The number of nitrogens with one attached hydrogen (secondary N) is 1. The molecule has 1 N–H and O–H groups in total. The van der Waals surface area contributed by atoms with Crippen molar-refractivity contribution in [2.45, 2.75) is 19.4 Å². The summed E-state index contributed by atoms with van der Waals surface area (Å²) < 4.78 is 14.3. The second kappa shape index (κ2) is 7.29. The number of halogens is 1. The number of nitrogens with zero attached hydrogens (tertiary/aromatic N) is 3. The first-order valence-corrected chi connectivity index (χ1v) is 8.09. The minimum atomic E-state index is -0.300. The van der Waals surface area contributed by atoms with Gasteiger partial charge in [0.1, 0.15) is 5.82 Å². The van der Waals surface area contributed by atoms with Gasteiger partial charge in [0.15, 0.2) is 0 Å². The quantitative estimate of drug-likeness (QED) is 0.935. The van der Waals surface area contributed by atoms with Crippen LogP contribution in [0.3, 0.4) is 0 Å². The van der Waals surface area contributed by atoms with Crippen molar-refractivity contribution < 1.29 is 9.18 Å². The van der Waals surface area contributed by atoms with Gasteiger partial charge >= 0.3 is 6.03 Å². The molecule has 0 aliphatic carbocycles. The maximum atomic E-state index is 14.3. The number of hydrogen-bond acceptors (Lipinski definition) is 3. The Bertz CT molecular complexity index is 701.